The van der Waals surface area contributed by atoms with E-state index < -0.39 is 6.10 Å². The molecule has 5 nitrogen and oxygen atoms in total. The Hall–Kier alpha value is -2.82. The molecule has 0 aliphatic heterocycles. The summed E-state index contributed by atoms with van der Waals surface area (Å²) in [6.07, 6.45) is -0.00814. The Morgan fingerprint density at radius 3 is 1.88 bits per heavy atom. The lowest BCUT2D eigenvalue weighted by atomic mass is 10.2. The van der Waals surface area contributed by atoms with Gasteiger partial charge in [0, 0.05) is 17.3 Å². The predicted molar refractivity (Wildman–Crippen MR) is 99.7 cm³/mol. The maximum absolute atomic E-state index is 12.4. The molecular weight excluding hydrogens is 316 g/mol. The summed E-state index contributed by atoms with van der Waals surface area (Å²) >= 11 is 0. The first-order valence-electron chi connectivity index (χ1n) is 8.43. The van der Waals surface area contributed by atoms with Gasteiger partial charge >= 0.3 is 0 Å². The molecule has 0 bridgehead atoms. The van der Waals surface area contributed by atoms with Crippen LogP contribution >= 0.6 is 0 Å². The SMILES string of the molecule is CC[C@@H](Oc1ccccc1)C(=O)Nc1ccc(NC(=O)C(C)C)cc1. The second-order valence-corrected chi connectivity index (χ2v) is 6.04. The highest BCUT2D eigenvalue weighted by Crippen LogP contribution is 2.17. The van der Waals surface area contributed by atoms with E-state index in [2.05, 4.69) is 10.6 Å². The summed E-state index contributed by atoms with van der Waals surface area (Å²) in [5.74, 6) is 0.334. The molecule has 0 aliphatic rings. The van der Waals surface area contributed by atoms with Crippen LogP contribution in [0.25, 0.3) is 0 Å². The van der Waals surface area contributed by atoms with Crippen molar-refractivity contribution in [2.45, 2.75) is 33.3 Å². The van der Waals surface area contributed by atoms with Crippen LogP contribution in [0.15, 0.2) is 54.6 Å². The van der Waals surface area contributed by atoms with Gasteiger partial charge in [0.25, 0.3) is 5.91 Å². The molecule has 132 valence electrons. The second kappa shape index (κ2) is 8.87. The van der Waals surface area contributed by atoms with Crippen LogP contribution in [0.3, 0.4) is 0 Å². The molecule has 0 aliphatic carbocycles. The third kappa shape index (κ3) is 5.64. The van der Waals surface area contributed by atoms with E-state index in [9.17, 15) is 9.59 Å². The van der Waals surface area contributed by atoms with Crippen molar-refractivity contribution in [3.8, 4) is 5.75 Å². The van der Waals surface area contributed by atoms with Gasteiger partial charge < -0.3 is 15.4 Å². The van der Waals surface area contributed by atoms with Gasteiger partial charge in [0.05, 0.1) is 0 Å². The molecule has 0 unspecified atom stereocenters. The number of nitrogens with one attached hydrogen (secondary N) is 2. The Morgan fingerprint density at radius 2 is 1.40 bits per heavy atom. The Morgan fingerprint density at radius 1 is 0.880 bits per heavy atom. The second-order valence-electron chi connectivity index (χ2n) is 6.04. The van der Waals surface area contributed by atoms with Gasteiger partial charge in [-0.3, -0.25) is 9.59 Å². The zero-order chi connectivity index (χ0) is 18.2. The quantitative estimate of drug-likeness (QED) is 0.798. The van der Waals surface area contributed by atoms with Crippen molar-refractivity contribution in [3.63, 3.8) is 0 Å². The van der Waals surface area contributed by atoms with Crippen molar-refractivity contribution in [3.05, 3.63) is 54.6 Å². The summed E-state index contributed by atoms with van der Waals surface area (Å²) < 4.78 is 5.73. The number of anilines is 2. The number of carbonyl (C=O) groups is 2. The molecule has 0 saturated heterocycles. The fourth-order valence-corrected chi connectivity index (χ4v) is 2.13. The summed E-state index contributed by atoms with van der Waals surface area (Å²) in [6, 6.07) is 16.3. The fourth-order valence-electron chi connectivity index (χ4n) is 2.13. The average Bonchev–Trinajstić information content (AvgIpc) is 2.62. The number of para-hydroxylation sites is 1. The van der Waals surface area contributed by atoms with Crippen molar-refractivity contribution in [1.82, 2.24) is 0 Å². The van der Waals surface area contributed by atoms with Crippen molar-refractivity contribution in [2.24, 2.45) is 5.92 Å². The molecule has 2 rings (SSSR count). The topological polar surface area (TPSA) is 67.4 Å². The number of hydrogen-bond donors (Lipinski definition) is 2. The van der Waals surface area contributed by atoms with Crippen LogP contribution in [0.4, 0.5) is 11.4 Å². The zero-order valence-electron chi connectivity index (χ0n) is 14.8. The van der Waals surface area contributed by atoms with E-state index in [4.69, 9.17) is 4.74 Å². The molecule has 2 N–H and O–H groups in total. The minimum Gasteiger partial charge on any atom is -0.481 e. The van der Waals surface area contributed by atoms with Gasteiger partial charge in [0.15, 0.2) is 6.10 Å². The van der Waals surface area contributed by atoms with Crippen LogP contribution in [0.2, 0.25) is 0 Å². The smallest absolute Gasteiger partial charge is 0.265 e. The van der Waals surface area contributed by atoms with E-state index in [1.54, 1.807) is 24.3 Å². The zero-order valence-corrected chi connectivity index (χ0v) is 14.8. The minimum absolute atomic E-state index is 0.0425. The van der Waals surface area contributed by atoms with E-state index in [0.717, 1.165) is 0 Å². The summed E-state index contributed by atoms with van der Waals surface area (Å²) in [5.41, 5.74) is 1.35. The van der Waals surface area contributed by atoms with Gasteiger partial charge in [0.2, 0.25) is 5.91 Å². The predicted octanol–water partition coefficient (Wildman–Crippen LogP) is 4.08. The number of carbonyl (C=O) groups excluding carboxylic acids is 2. The first-order chi connectivity index (χ1) is 12.0. The summed E-state index contributed by atoms with van der Waals surface area (Å²) in [7, 11) is 0. The van der Waals surface area contributed by atoms with Gasteiger partial charge in [-0.15, -0.1) is 0 Å². The Balaban J connectivity index is 1.95. The largest absolute Gasteiger partial charge is 0.481 e. The van der Waals surface area contributed by atoms with E-state index in [1.165, 1.54) is 0 Å². The molecule has 2 aromatic rings. The van der Waals surface area contributed by atoms with Crippen molar-refractivity contribution < 1.29 is 14.3 Å². The lowest BCUT2D eigenvalue weighted by molar-refractivity contribution is -0.123. The third-order valence-electron chi connectivity index (χ3n) is 3.63. The summed E-state index contributed by atoms with van der Waals surface area (Å²) in [6.45, 7) is 5.57. The molecular formula is C20H24N2O3. The molecule has 0 aromatic heterocycles. The van der Waals surface area contributed by atoms with E-state index in [1.807, 2.05) is 51.1 Å². The molecule has 0 fully saturated rings. The monoisotopic (exact) mass is 340 g/mol. The molecule has 0 radical (unpaired) electrons. The van der Waals surface area contributed by atoms with Gasteiger partial charge in [0.1, 0.15) is 5.75 Å². The highest BCUT2D eigenvalue weighted by Gasteiger charge is 2.18. The molecule has 5 heteroatoms. The van der Waals surface area contributed by atoms with Crippen LogP contribution < -0.4 is 15.4 Å². The van der Waals surface area contributed by atoms with Crippen LogP contribution in [-0.4, -0.2) is 17.9 Å². The van der Waals surface area contributed by atoms with Crippen LogP contribution in [-0.2, 0) is 9.59 Å². The highest BCUT2D eigenvalue weighted by molar-refractivity contribution is 5.95. The average molecular weight is 340 g/mol. The number of rotatable bonds is 7. The molecule has 2 amide bonds. The van der Waals surface area contributed by atoms with Gasteiger partial charge in [-0.25, -0.2) is 0 Å². The molecule has 0 heterocycles. The standard InChI is InChI=1S/C20H24N2O3/c1-4-18(25-17-8-6-5-7-9-17)20(24)22-16-12-10-15(11-13-16)21-19(23)14(2)3/h5-14,18H,4H2,1-3H3,(H,21,23)(H,22,24)/t18-/m1/s1. The van der Waals surface area contributed by atoms with Crippen LogP contribution in [0.5, 0.6) is 5.75 Å². The van der Waals surface area contributed by atoms with E-state index in [0.29, 0.717) is 23.5 Å². The normalized spacial score (nSPS) is 11.7. The van der Waals surface area contributed by atoms with Gasteiger partial charge in [-0.1, -0.05) is 39.0 Å². The van der Waals surface area contributed by atoms with Crippen molar-refractivity contribution >= 4 is 23.2 Å². The highest BCUT2D eigenvalue weighted by atomic mass is 16.5. The lowest BCUT2D eigenvalue weighted by Crippen LogP contribution is -2.32. The molecule has 0 saturated carbocycles. The first-order valence-corrected chi connectivity index (χ1v) is 8.43. The lowest BCUT2D eigenvalue weighted by Gasteiger charge is -2.17. The number of hydrogen-bond acceptors (Lipinski definition) is 3. The maximum atomic E-state index is 12.4. The number of amides is 2. The molecule has 1 atom stereocenters. The third-order valence-corrected chi connectivity index (χ3v) is 3.63. The summed E-state index contributed by atoms with van der Waals surface area (Å²) in [5, 5.41) is 5.65. The Labute approximate surface area is 148 Å². The minimum atomic E-state index is -0.567. The van der Waals surface area contributed by atoms with E-state index >= 15 is 0 Å². The van der Waals surface area contributed by atoms with Gasteiger partial charge in [-0.05, 0) is 42.8 Å². The molecule has 2 aromatic carbocycles. The van der Waals surface area contributed by atoms with Crippen LogP contribution in [0, 0.1) is 5.92 Å². The number of ether oxygens (including phenoxy) is 1. The van der Waals surface area contributed by atoms with Crippen molar-refractivity contribution in [1.29, 1.82) is 0 Å². The van der Waals surface area contributed by atoms with Crippen LogP contribution in [0.1, 0.15) is 27.2 Å². The molecule has 0 spiro atoms. The van der Waals surface area contributed by atoms with Crippen molar-refractivity contribution in [2.75, 3.05) is 10.6 Å². The Bertz CT molecular complexity index is 697. The first kappa shape index (κ1) is 18.5. The maximum Gasteiger partial charge on any atom is 0.265 e. The number of benzene rings is 2. The molecule has 25 heavy (non-hydrogen) atoms. The van der Waals surface area contributed by atoms with Gasteiger partial charge in [-0.2, -0.15) is 0 Å². The van der Waals surface area contributed by atoms with E-state index in [-0.39, 0.29) is 17.7 Å². The Kier molecular flexibility index (Phi) is 6.57. The fraction of sp³-hybridized carbons (Fsp3) is 0.300. The summed E-state index contributed by atoms with van der Waals surface area (Å²) in [4.78, 5) is 24.1.